The zero-order valence-electron chi connectivity index (χ0n) is 11.2. The molecule has 2 nitrogen and oxygen atoms in total. The van der Waals surface area contributed by atoms with Gasteiger partial charge in [0.25, 0.3) is 0 Å². The Bertz CT molecular complexity index is 419. The topological polar surface area (TPSA) is 21.3 Å². The standard InChI is InChI=1S/C15H20BrNOS/c1-2-9-17-14(15-4-3-10-18-15)11-19-13-7-5-12(16)6-8-13/h4-8,14,17H,2-3,9-11H2,1H3. The van der Waals surface area contributed by atoms with Crippen LogP contribution in [0, 0.1) is 0 Å². The largest absolute Gasteiger partial charge is 0.496 e. The summed E-state index contributed by atoms with van der Waals surface area (Å²) >= 11 is 5.33. The lowest BCUT2D eigenvalue weighted by Gasteiger charge is -2.19. The lowest BCUT2D eigenvalue weighted by molar-refractivity contribution is 0.220. The van der Waals surface area contributed by atoms with Crippen molar-refractivity contribution >= 4 is 27.7 Å². The van der Waals surface area contributed by atoms with Crippen molar-refractivity contribution in [2.45, 2.75) is 30.7 Å². The van der Waals surface area contributed by atoms with Gasteiger partial charge >= 0.3 is 0 Å². The van der Waals surface area contributed by atoms with E-state index in [1.165, 1.54) is 4.90 Å². The average molecular weight is 342 g/mol. The Labute approximate surface area is 128 Å². The maximum Gasteiger partial charge on any atom is 0.110 e. The summed E-state index contributed by atoms with van der Waals surface area (Å²) in [6.07, 6.45) is 4.41. The predicted octanol–water partition coefficient (Wildman–Crippen LogP) is 4.21. The normalized spacial score (nSPS) is 16.0. The third-order valence-electron chi connectivity index (χ3n) is 2.95. The molecule has 1 unspecified atom stereocenters. The van der Waals surface area contributed by atoms with Gasteiger partial charge in [0.2, 0.25) is 0 Å². The van der Waals surface area contributed by atoms with Crippen molar-refractivity contribution in [3.63, 3.8) is 0 Å². The van der Waals surface area contributed by atoms with Gasteiger partial charge in [-0.25, -0.2) is 0 Å². The van der Waals surface area contributed by atoms with Crippen LogP contribution in [-0.2, 0) is 4.74 Å². The molecule has 0 fully saturated rings. The van der Waals surface area contributed by atoms with Gasteiger partial charge in [0, 0.05) is 21.5 Å². The van der Waals surface area contributed by atoms with Crippen LogP contribution in [0.15, 0.2) is 45.5 Å². The Hall–Kier alpha value is -0.450. The predicted molar refractivity (Wildman–Crippen MR) is 85.6 cm³/mol. The number of rotatable bonds is 7. The second kappa shape index (κ2) is 7.98. The fourth-order valence-corrected chi connectivity index (χ4v) is 3.18. The first-order chi connectivity index (χ1) is 9.29. The van der Waals surface area contributed by atoms with Gasteiger partial charge in [-0.15, -0.1) is 11.8 Å². The smallest absolute Gasteiger partial charge is 0.110 e. The van der Waals surface area contributed by atoms with E-state index >= 15 is 0 Å². The zero-order valence-corrected chi connectivity index (χ0v) is 13.6. The van der Waals surface area contributed by atoms with Gasteiger partial charge in [0.1, 0.15) is 5.76 Å². The molecule has 1 aromatic carbocycles. The molecule has 1 atom stereocenters. The maximum atomic E-state index is 5.70. The molecule has 4 heteroatoms. The molecule has 0 spiro atoms. The van der Waals surface area contributed by atoms with Gasteiger partial charge in [-0.2, -0.15) is 0 Å². The Kier molecular flexibility index (Phi) is 6.28. The quantitative estimate of drug-likeness (QED) is 0.750. The second-order valence-electron chi connectivity index (χ2n) is 4.52. The van der Waals surface area contributed by atoms with Crippen LogP contribution in [0.3, 0.4) is 0 Å². The summed E-state index contributed by atoms with van der Waals surface area (Å²) in [5, 5.41) is 3.57. The molecule has 1 aliphatic rings. The first-order valence-corrected chi connectivity index (χ1v) is 8.52. The van der Waals surface area contributed by atoms with E-state index in [2.05, 4.69) is 58.5 Å². The minimum atomic E-state index is 0.330. The van der Waals surface area contributed by atoms with E-state index < -0.39 is 0 Å². The Morgan fingerprint density at radius 1 is 1.37 bits per heavy atom. The lowest BCUT2D eigenvalue weighted by Crippen LogP contribution is -2.34. The van der Waals surface area contributed by atoms with Crippen molar-refractivity contribution in [2.24, 2.45) is 0 Å². The number of thioether (sulfide) groups is 1. The molecular formula is C15H20BrNOS. The Morgan fingerprint density at radius 2 is 2.16 bits per heavy atom. The molecule has 0 aliphatic carbocycles. The van der Waals surface area contributed by atoms with Gasteiger partial charge in [0.15, 0.2) is 0 Å². The SMILES string of the molecule is CCCNC(CSc1ccc(Br)cc1)C1=CCCO1. The van der Waals surface area contributed by atoms with E-state index in [0.717, 1.165) is 42.0 Å². The minimum absolute atomic E-state index is 0.330. The molecule has 1 aliphatic heterocycles. The average Bonchev–Trinajstić information content (AvgIpc) is 2.95. The van der Waals surface area contributed by atoms with E-state index in [4.69, 9.17) is 4.74 Å². The summed E-state index contributed by atoms with van der Waals surface area (Å²) in [6, 6.07) is 8.80. The highest BCUT2D eigenvalue weighted by Gasteiger charge is 2.18. The zero-order chi connectivity index (χ0) is 13.5. The number of hydrogen-bond acceptors (Lipinski definition) is 3. The fourth-order valence-electron chi connectivity index (χ4n) is 1.95. The molecule has 0 amide bonds. The van der Waals surface area contributed by atoms with Gasteiger partial charge in [-0.1, -0.05) is 22.9 Å². The monoisotopic (exact) mass is 341 g/mol. The number of hydrogen-bond donors (Lipinski definition) is 1. The molecule has 1 N–H and O–H groups in total. The van der Waals surface area contributed by atoms with E-state index in [-0.39, 0.29) is 0 Å². The molecule has 1 heterocycles. The molecule has 0 saturated carbocycles. The van der Waals surface area contributed by atoms with Crippen LogP contribution >= 0.6 is 27.7 Å². The summed E-state index contributed by atoms with van der Waals surface area (Å²) in [5.74, 6) is 2.13. The molecule has 0 aromatic heterocycles. The third kappa shape index (κ3) is 4.86. The molecule has 0 radical (unpaired) electrons. The highest BCUT2D eigenvalue weighted by molar-refractivity contribution is 9.10. The summed E-state index contributed by atoms with van der Waals surface area (Å²) in [6.45, 7) is 4.06. The molecule has 0 saturated heterocycles. The first kappa shape index (κ1) is 14.9. The van der Waals surface area contributed by atoms with Crippen LogP contribution in [0.25, 0.3) is 0 Å². The fraction of sp³-hybridized carbons (Fsp3) is 0.467. The van der Waals surface area contributed by atoms with Crippen LogP contribution < -0.4 is 5.32 Å². The minimum Gasteiger partial charge on any atom is -0.496 e. The molecule has 104 valence electrons. The van der Waals surface area contributed by atoms with Gasteiger partial charge < -0.3 is 10.1 Å². The second-order valence-corrected chi connectivity index (χ2v) is 6.52. The van der Waals surface area contributed by atoms with Gasteiger partial charge in [-0.05, 0) is 43.3 Å². The van der Waals surface area contributed by atoms with E-state index in [1.54, 1.807) is 0 Å². The van der Waals surface area contributed by atoms with Crippen LogP contribution in [0.5, 0.6) is 0 Å². The number of ether oxygens (including phenoxy) is 1. The van der Waals surface area contributed by atoms with Crippen LogP contribution in [-0.4, -0.2) is 24.9 Å². The van der Waals surface area contributed by atoms with E-state index in [0.29, 0.717) is 6.04 Å². The van der Waals surface area contributed by atoms with Crippen LogP contribution in [0.1, 0.15) is 19.8 Å². The highest BCUT2D eigenvalue weighted by atomic mass is 79.9. The van der Waals surface area contributed by atoms with Crippen LogP contribution in [0.2, 0.25) is 0 Å². The summed E-state index contributed by atoms with van der Waals surface area (Å²) in [5.41, 5.74) is 0. The Balaban J connectivity index is 1.90. The van der Waals surface area contributed by atoms with Gasteiger partial charge in [0.05, 0.1) is 12.6 Å². The number of benzene rings is 1. The summed E-state index contributed by atoms with van der Waals surface area (Å²) in [7, 11) is 0. The molecule has 0 bridgehead atoms. The van der Waals surface area contributed by atoms with Crippen molar-refractivity contribution in [1.29, 1.82) is 0 Å². The van der Waals surface area contributed by atoms with Gasteiger partial charge in [-0.3, -0.25) is 0 Å². The third-order valence-corrected chi connectivity index (χ3v) is 4.58. The van der Waals surface area contributed by atoms with E-state index in [9.17, 15) is 0 Å². The highest BCUT2D eigenvalue weighted by Crippen LogP contribution is 2.24. The number of nitrogens with one attached hydrogen (secondary N) is 1. The molecule has 19 heavy (non-hydrogen) atoms. The first-order valence-electron chi connectivity index (χ1n) is 6.74. The van der Waals surface area contributed by atoms with Crippen LogP contribution in [0.4, 0.5) is 0 Å². The van der Waals surface area contributed by atoms with Crippen molar-refractivity contribution in [1.82, 2.24) is 5.32 Å². The van der Waals surface area contributed by atoms with Crippen molar-refractivity contribution in [2.75, 3.05) is 18.9 Å². The summed E-state index contributed by atoms with van der Waals surface area (Å²) < 4.78 is 6.82. The molecule has 2 rings (SSSR count). The van der Waals surface area contributed by atoms with Crippen molar-refractivity contribution in [3.8, 4) is 0 Å². The lowest BCUT2D eigenvalue weighted by atomic mass is 10.2. The molecular weight excluding hydrogens is 322 g/mol. The summed E-state index contributed by atoms with van der Waals surface area (Å²) in [4.78, 5) is 1.30. The van der Waals surface area contributed by atoms with Crippen molar-refractivity contribution < 1.29 is 4.74 Å². The maximum absolute atomic E-state index is 5.70. The van der Waals surface area contributed by atoms with E-state index in [1.807, 2.05) is 11.8 Å². The van der Waals surface area contributed by atoms with Crippen molar-refractivity contribution in [3.05, 3.63) is 40.6 Å². The molecule has 1 aromatic rings. The Morgan fingerprint density at radius 3 is 2.79 bits per heavy atom. The number of halogens is 1.